The molecule has 5 heteroatoms. The molecule has 0 aliphatic carbocycles. The van der Waals surface area contributed by atoms with E-state index in [1.165, 1.54) is 12.1 Å². The lowest BCUT2D eigenvalue weighted by Crippen LogP contribution is -2.13. The van der Waals surface area contributed by atoms with Crippen molar-refractivity contribution in [3.63, 3.8) is 0 Å². The molecule has 3 N–H and O–H groups in total. The van der Waals surface area contributed by atoms with Crippen molar-refractivity contribution < 1.29 is 4.79 Å². The molecule has 0 unspecified atom stereocenters. The predicted molar refractivity (Wildman–Crippen MR) is 84.6 cm³/mol. The number of hydrogen-bond donors (Lipinski definition) is 2. The number of aryl methyl sites for hydroxylation is 1. The average Bonchev–Trinajstić information content (AvgIpc) is 2.43. The van der Waals surface area contributed by atoms with E-state index in [4.69, 9.17) is 28.9 Å². The van der Waals surface area contributed by atoms with Gasteiger partial charge in [-0.05, 0) is 36.2 Å². The Balaban J connectivity index is 2.28. The van der Waals surface area contributed by atoms with Gasteiger partial charge in [-0.2, -0.15) is 0 Å². The second-order valence-electron chi connectivity index (χ2n) is 4.37. The molecular weight excluding hydrogens is 295 g/mol. The highest BCUT2D eigenvalue weighted by Gasteiger charge is 2.14. The Morgan fingerprint density at radius 1 is 1.25 bits per heavy atom. The minimum absolute atomic E-state index is 0.199. The van der Waals surface area contributed by atoms with Crippen LogP contribution in [0.5, 0.6) is 0 Å². The summed E-state index contributed by atoms with van der Waals surface area (Å²) in [5.41, 5.74) is 8.19. The van der Waals surface area contributed by atoms with E-state index in [1.54, 1.807) is 0 Å². The largest absolute Gasteiger partial charge is 0.399 e. The Labute approximate surface area is 127 Å². The standard InChI is InChI=1S/C15H14Cl2N2O/c1-2-9-4-3-5-11(6-9)19-15(20)12-7-10(18)8-13(16)14(12)17/h3-8H,2,18H2,1H3,(H,19,20). The van der Waals surface area contributed by atoms with Crippen molar-refractivity contribution in [1.82, 2.24) is 0 Å². The Morgan fingerprint density at radius 2 is 2.00 bits per heavy atom. The summed E-state index contributed by atoms with van der Waals surface area (Å²) in [6, 6.07) is 10.6. The monoisotopic (exact) mass is 308 g/mol. The number of nitrogens with two attached hydrogens (primary N) is 1. The smallest absolute Gasteiger partial charge is 0.257 e. The number of halogens is 2. The van der Waals surface area contributed by atoms with Crippen LogP contribution >= 0.6 is 23.2 Å². The SMILES string of the molecule is CCc1cccc(NC(=O)c2cc(N)cc(Cl)c2Cl)c1. The van der Waals surface area contributed by atoms with Gasteiger partial charge < -0.3 is 11.1 Å². The van der Waals surface area contributed by atoms with Gasteiger partial charge in [0.25, 0.3) is 5.91 Å². The van der Waals surface area contributed by atoms with Crippen molar-refractivity contribution in [2.75, 3.05) is 11.1 Å². The normalized spacial score (nSPS) is 10.3. The van der Waals surface area contributed by atoms with Crippen LogP contribution in [0.2, 0.25) is 10.0 Å². The second-order valence-corrected chi connectivity index (χ2v) is 5.16. The number of amides is 1. The Morgan fingerprint density at radius 3 is 2.70 bits per heavy atom. The van der Waals surface area contributed by atoms with E-state index in [9.17, 15) is 4.79 Å². The van der Waals surface area contributed by atoms with Gasteiger partial charge in [0, 0.05) is 11.4 Å². The topological polar surface area (TPSA) is 55.1 Å². The Kier molecular flexibility index (Phi) is 4.53. The minimum Gasteiger partial charge on any atom is -0.399 e. The zero-order chi connectivity index (χ0) is 14.7. The van der Waals surface area contributed by atoms with Crippen LogP contribution in [-0.2, 0) is 6.42 Å². The van der Waals surface area contributed by atoms with Crippen molar-refractivity contribution in [3.8, 4) is 0 Å². The number of rotatable bonds is 3. The van der Waals surface area contributed by atoms with Gasteiger partial charge in [-0.25, -0.2) is 0 Å². The van der Waals surface area contributed by atoms with E-state index in [0.717, 1.165) is 12.0 Å². The second kappa shape index (κ2) is 6.16. The predicted octanol–water partition coefficient (Wildman–Crippen LogP) is 4.39. The van der Waals surface area contributed by atoms with E-state index in [0.29, 0.717) is 11.4 Å². The van der Waals surface area contributed by atoms with Gasteiger partial charge in [0.05, 0.1) is 15.6 Å². The number of nitrogens with one attached hydrogen (secondary N) is 1. The fraction of sp³-hybridized carbons (Fsp3) is 0.133. The molecule has 1 amide bonds. The van der Waals surface area contributed by atoms with E-state index in [1.807, 2.05) is 24.3 Å². The lowest BCUT2D eigenvalue weighted by Gasteiger charge is -2.09. The van der Waals surface area contributed by atoms with Crippen molar-refractivity contribution in [2.24, 2.45) is 0 Å². The van der Waals surface area contributed by atoms with E-state index in [2.05, 4.69) is 12.2 Å². The highest BCUT2D eigenvalue weighted by molar-refractivity contribution is 6.44. The first-order chi connectivity index (χ1) is 9.51. The summed E-state index contributed by atoms with van der Waals surface area (Å²) >= 11 is 12.0. The third kappa shape index (κ3) is 3.24. The summed E-state index contributed by atoms with van der Waals surface area (Å²) in [5.74, 6) is -0.336. The first-order valence-electron chi connectivity index (χ1n) is 6.16. The van der Waals surface area contributed by atoms with Crippen LogP contribution in [0, 0.1) is 0 Å². The average molecular weight is 309 g/mol. The van der Waals surface area contributed by atoms with Crippen molar-refractivity contribution in [2.45, 2.75) is 13.3 Å². The van der Waals surface area contributed by atoms with Crippen LogP contribution in [-0.4, -0.2) is 5.91 Å². The number of benzene rings is 2. The summed E-state index contributed by atoms with van der Waals surface area (Å²) in [6.45, 7) is 2.05. The maximum Gasteiger partial charge on any atom is 0.257 e. The molecule has 0 aliphatic rings. The zero-order valence-corrected chi connectivity index (χ0v) is 12.4. The summed E-state index contributed by atoms with van der Waals surface area (Å²) in [5, 5.41) is 3.25. The quantitative estimate of drug-likeness (QED) is 0.826. The summed E-state index contributed by atoms with van der Waals surface area (Å²) in [4.78, 5) is 12.2. The molecule has 2 aromatic rings. The number of hydrogen-bond acceptors (Lipinski definition) is 2. The van der Waals surface area contributed by atoms with E-state index in [-0.39, 0.29) is 21.5 Å². The molecule has 0 saturated heterocycles. The number of nitrogen functional groups attached to an aromatic ring is 1. The van der Waals surface area contributed by atoms with Gasteiger partial charge in [0.15, 0.2) is 0 Å². The molecule has 3 nitrogen and oxygen atoms in total. The van der Waals surface area contributed by atoms with Gasteiger partial charge in [-0.15, -0.1) is 0 Å². The van der Waals surface area contributed by atoms with E-state index < -0.39 is 0 Å². The van der Waals surface area contributed by atoms with Crippen LogP contribution in [0.25, 0.3) is 0 Å². The van der Waals surface area contributed by atoms with Gasteiger partial charge in [-0.3, -0.25) is 4.79 Å². The molecule has 0 saturated carbocycles. The van der Waals surface area contributed by atoms with Crippen LogP contribution in [0.4, 0.5) is 11.4 Å². The molecule has 0 aromatic heterocycles. The van der Waals surface area contributed by atoms with Crippen LogP contribution in [0.3, 0.4) is 0 Å². The summed E-state index contributed by atoms with van der Waals surface area (Å²) in [6.07, 6.45) is 0.897. The van der Waals surface area contributed by atoms with Crippen molar-refractivity contribution in [3.05, 3.63) is 57.6 Å². The fourth-order valence-corrected chi connectivity index (χ4v) is 2.27. The molecule has 0 bridgehead atoms. The van der Waals surface area contributed by atoms with Crippen molar-refractivity contribution in [1.29, 1.82) is 0 Å². The third-order valence-electron chi connectivity index (χ3n) is 2.89. The highest BCUT2D eigenvalue weighted by Crippen LogP contribution is 2.29. The number of carbonyl (C=O) groups is 1. The zero-order valence-electron chi connectivity index (χ0n) is 10.9. The molecular formula is C15H14Cl2N2O. The highest BCUT2D eigenvalue weighted by atomic mass is 35.5. The van der Waals surface area contributed by atoms with Crippen molar-refractivity contribution >= 4 is 40.5 Å². The number of carbonyl (C=O) groups excluding carboxylic acids is 1. The lowest BCUT2D eigenvalue weighted by atomic mass is 10.1. The van der Waals surface area contributed by atoms with Gasteiger partial charge in [0.2, 0.25) is 0 Å². The molecule has 0 heterocycles. The summed E-state index contributed by atoms with van der Waals surface area (Å²) in [7, 11) is 0. The number of anilines is 2. The molecule has 0 aliphatic heterocycles. The third-order valence-corrected chi connectivity index (χ3v) is 3.69. The summed E-state index contributed by atoms with van der Waals surface area (Å²) < 4.78 is 0. The van der Waals surface area contributed by atoms with Crippen LogP contribution < -0.4 is 11.1 Å². The van der Waals surface area contributed by atoms with Gasteiger partial charge in [-0.1, -0.05) is 42.3 Å². The molecule has 104 valence electrons. The van der Waals surface area contributed by atoms with Crippen LogP contribution in [0.1, 0.15) is 22.8 Å². The first-order valence-corrected chi connectivity index (χ1v) is 6.91. The molecule has 2 rings (SSSR count). The lowest BCUT2D eigenvalue weighted by molar-refractivity contribution is 0.102. The molecule has 0 fully saturated rings. The molecule has 0 spiro atoms. The Bertz CT molecular complexity index is 656. The molecule has 0 radical (unpaired) electrons. The maximum absolute atomic E-state index is 12.2. The Hall–Kier alpha value is -1.71. The fourth-order valence-electron chi connectivity index (χ4n) is 1.84. The van der Waals surface area contributed by atoms with Gasteiger partial charge in [0.1, 0.15) is 0 Å². The molecule has 20 heavy (non-hydrogen) atoms. The molecule has 0 atom stereocenters. The minimum atomic E-state index is -0.336. The van der Waals surface area contributed by atoms with E-state index >= 15 is 0 Å². The maximum atomic E-state index is 12.2. The van der Waals surface area contributed by atoms with Crippen LogP contribution in [0.15, 0.2) is 36.4 Å². The van der Waals surface area contributed by atoms with Gasteiger partial charge >= 0.3 is 0 Å². The molecule has 2 aromatic carbocycles. The first kappa shape index (κ1) is 14.7.